The van der Waals surface area contributed by atoms with Gasteiger partial charge in [0, 0.05) is 11.9 Å². The summed E-state index contributed by atoms with van der Waals surface area (Å²) in [6.07, 6.45) is 3.01. The third-order valence-corrected chi connectivity index (χ3v) is 2.88. The van der Waals surface area contributed by atoms with E-state index in [4.69, 9.17) is 5.73 Å². The Balaban J connectivity index is 2.33. The molecule has 0 saturated heterocycles. The Morgan fingerprint density at radius 1 is 1.55 bits per heavy atom. The molecule has 0 aromatic carbocycles. The minimum Gasteiger partial charge on any atom is -0.363 e. The zero-order valence-corrected chi connectivity index (χ0v) is 7.02. The number of hydrogen-bond donors (Lipinski definition) is 2. The summed E-state index contributed by atoms with van der Waals surface area (Å²) in [5.74, 6) is 0. The Hall–Kier alpha value is -0.760. The quantitative estimate of drug-likeness (QED) is 0.627. The van der Waals surface area contributed by atoms with Crippen LogP contribution < -0.4 is 5.73 Å². The summed E-state index contributed by atoms with van der Waals surface area (Å²) in [7, 11) is 0. The molecule has 1 heterocycles. The molecular formula is C9H14N2. The van der Waals surface area contributed by atoms with Gasteiger partial charge >= 0.3 is 0 Å². The zero-order valence-electron chi connectivity index (χ0n) is 7.02. The fourth-order valence-corrected chi connectivity index (χ4v) is 1.72. The molecule has 0 radical (unpaired) electrons. The van der Waals surface area contributed by atoms with Crippen molar-refractivity contribution < 1.29 is 0 Å². The maximum Gasteiger partial charge on any atom is 0.0619 e. The lowest BCUT2D eigenvalue weighted by Crippen LogP contribution is -2.25. The van der Waals surface area contributed by atoms with Crippen LogP contribution in [0.1, 0.15) is 26.0 Å². The van der Waals surface area contributed by atoms with Gasteiger partial charge in [0.1, 0.15) is 0 Å². The van der Waals surface area contributed by atoms with Crippen LogP contribution in [0.15, 0.2) is 18.3 Å². The minimum atomic E-state index is -0.0868. The fourth-order valence-electron chi connectivity index (χ4n) is 1.72. The number of rotatable bonds is 1. The predicted octanol–water partition coefficient (Wildman–Crippen LogP) is 1.60. The molecule has 0 spiro atoms. The maximum atomic E-state index is 6.16. The molecule has 1 atom stereocenters. The third-order valence-electron chi connectivity index (χ3n) is 2.88. The number of hydrogen-bond acceptors (Lipinski definition) is 1. The monoisotopic (exact) mass is 150 g/mol. The lowest BCUT2D eigenvalue weighted by atomic mass is 10.0. The Labute approximate surface area is 66.8 Å². The predicted molar refractivity (Wildman–Crippen MR) is 45.1 cm³/mol. The van der Waals surface area contributed by atoms with E-state index in [1.54, 1.807) is 0 Å². The van der Waals surface area contributed by atoms with Gasteiger partial charge in [-0.2, -0.15) is 0 Å². The van der Waals surface area contributed by atoms with Gasteiger partial charge in [0.05, 0.1) is 5.54 Å². The molecule has 1 aromatic rings. The van der Waals surface area contributed by atoms with Crippen LogP contribution in [0.5, 0.6) is 0 Å². The molecule has 2 rings (SSSR count). The summed E-state index contributed by atoms with van der Waals surface area (Å²) >= 11 is 0. The highest BCUT2D eigenvalue weighted by atomic mass is 15.0. The zero-order chi connectivity index (χ0) is 8.11. The molecule has 1 fully saturated rings. The van der Waals surface area contributed by atoms with E-state index in [2.05, 4.69) is 24.9 Å². The fraction of sp³-hybridized carbons (Fsp3) is 0.556. The second kappa shape index (κ2) is 1.69. The maximum absolute atomic E-state index is 6.16. The molecule has 1 aromatic heterocycles. The highest BCUT2D eigenvalue weighted by Crippen LogP contribution is 2.59. The Kier molecular flexibility index (Phi) is 1.07. The van der Waals surface area contributed by atoms with Crippen molar-refractivity contribution in [2.24, 2.45) is 11.1 Å². The number of aromatic nitrogens is 1. The molecule has 0 aliphatic heterocycles. The van der Waals surface area contributed by atoms with E-state index in [1.165, 1.54) is 5.69 Å². The molecule has 1 aliphatic rings. The molecule has 0 bridgehead atoms. The Morgan fingerprint density at radius 3 is 2.55 bits per heavy atom. The molecule has 2 heteroatoms. The highest BCUT2D eigenvalue weighted by molar-refractivity contribution is 5.29. The summed E-state index contributed by atoms with van der Waals surface area (Å²) in [4.78, 5) is 3.17. The molecular weight excluding hydrogens is 136 g/mol. The van der Waals surface area contributed by atoms with Crippen molar-refractivity contribution in [3.63, 3.8) is 0 Å². The number of H-pyrrole nitrogens is 1. The first-order valence-electron chi connectivity index (χ1n) is 3.99. The van der Waals surface area contributed by atoms with Gasteiger partial charge in [-0.1, -0.05) is 13.8 Å². The molecule has 60 valence electrons. The molecule has 0 amide bonds. The van der Waals surface area contributed by atoms with E-state index in [1.807, 2.05) is 12.3 Å². The van der Waals surface area contributed by atoms with Crippen LogP contribution in [0.3, 0.4) is 0 Å². The Bertz CT molecular complexity index is 261. The van der Waals surface area contributed by atoms with Crippen molar-refractivity contribution >= 4 is 0 Å². The van der Waals surface area contributed by atoms with Crippen LogP contribution in [-0.2, 0) is 5.54 Å². The van der Waals surface area contributed by atoms with Crippen LogP contribution in [0, 0.1) is 5.41 Å². The van der Waals surface area contributed by atoms with Crippen molar-refractivity contribution in [3.05, 3.63) is 24.0 Å². The van der Waals surface area contributed by atoms with Gasteiger partial charge < -0.3 is 10.7 Å². The van der Waals surface area contributed by atoms with E-state index in [9.17, 15) is 0 Å². The van der Waals surface area contributed by atoms with Crippen LogP contribution >= 0.6 is 0 Å². The molecule has 11 heavy (non-hydrogen) atoms. The number of nitrogens with one attached hydrogen (secondary N) is 1. The third kappa shape index (κ3) is 0.760. The Morgan fingerprint density at radius 2 is 2.18 bits per heavy atom. The van der Waals surface area contributed by atoms with Crippen LogP contribution in [0.4, 0.5) is 0 Å². The van der Waals surface area contributed by atoms with Crippen LogP contribution in [0.2, 0.25) is 0 Å². The van der Waals surface area contributed by atoms with Gasteiger partial charge in [0.15, 0.2) is 0 Å². The average molecular weight is 150 g/mol. The molecule has 2 nitrogen and oxygen atoms in total. The smallest absolute Gasteiger partial charge is 0.0619 e. The first-order valence-corrected chi connectivity index (χ1v) is 3.99. The van der Waals surface area contributed by atoms with E-state index in [0.717, 1.165) is 6.42 Å². The summed E-state index contributed by atoms with van der Waals surface area (Å²) in [5, 5.41) is 0. The molecule has 1 saturated carbocycles. The van der Waals surface area contributed by atoms with E-state index in [-0.39, 0.29) is 11.0 Å². The molecule has 1 aliphatic carbocycles. The number of nitrogens with two attached hydrogens (primary N) is 1. The van der Waals surface area contributed by atoms with Gasteiger partial charge in [-0.05, 0) is 24.0 Å². The van der Waals surface area contributed by atoms with Gasteiger partial charge in [-0.15, -0.1) is 0 Å². The first-order chi connectivity index (χ1) is 5.06. The number of aromatic amines is 1. The van der Waals surface area contributed by atoms with E-state index < -0.39 is 0 Å². The molecule has 3 N–H and O–H groups in total. The topological polar surface area (TPSA) is 41.8 Å². The lowest BCUT2D eigenvalue weighted by molar-refractivity contribution is 0.501. The average Bonchev–Trinajstić information content (AvgIpc) is 2.36. The molecule has 1 unspecified atom stereocenters. The SMILES string of the molecule is CC1(C)CC1(N)c1ccc[nH]1. The van der Waals surface area contributed by atoms with Gasteiger partial charge in [0.25, 0.3) is 0 Å². The summed E-state index contributed by atoms with van der Waals surface area (Å²) in [6, 6.07) is 4.06. The second-order valence-electron chi connectivity index (χ2n) is 4.12. The summed E-state index contributed by atoms with van der Waals surface area (Å²) < 4.78 is 0. The second-order valence-corrected chi connectivity index (χ2v) is 4.12. The van der Waals surface area contributed by atoms with Gasteiger partial charge in [-0.25, -0.2) is 0 Å². The van der Waals surface area contributed by atoms with Crippen molar-refractivity contribution in [1.29, 1.82) is 0 Å². The van der Waals surface area contributed by atoms with Crippen molar-refractivity contribution in [2.75, 3.05) is 0 Å². The lowest BCUT2D eigenvalue weighted by Gasteiger charge is -2.12. The van der Waals surface area contributed by atoms with Crippen molar-refractivity contribution in [2.45, 2.75) is 25.8 Å². The normalized spacial score (nSPS) is 33.7. The van der Waals surface area contributed by atoms with E-state index >= 15 is 0 Å². The van der Waals surface area contributed by atoms with Crippen LogP contribution in [0.25, 0.3) is 0 Å². The summed E-state index contributed by atoms with van der Waals surface area (Å²) in [6.45, 7) is 4.40. The standard InChI is InChI=1S/C9H14N2/c1-8(2)6-9(8,10)7-4-3-5-11-7/h3-5,11H,6,10H2,1-2H3. The minimum absolute atomic E-state index is 0.0868. The highest BCUT2D eigenvalue weighted by Gasteiger charge is 2.60. The van der Waals surface area contributed by atoms with Crippen molar-refractivity contribution in [1.82, 2.24) is 4.98 Å². The van der Waals surface area contributed by atoms with E-state index in [0.29, 0.717) is 0 Å². The van der Waals surface area contributed by atoms with Crippen molar-refractivity contribution in [3.8, 4) is 0 Å². The van der Waals surface area contributed by atoms with Gasteiger partial charge in [0.2, 0.25) is 0 Å². The van der Waals surface area contributed by atoms with Crippen LogP contribution in [-0.4, -0.2) is 4.98 Å². The summed E-state index contributed by atoms with van der Waals surface area (Å²) in [5.41, 5.74) is 7.52. The largest absolute Gasteiger partial charge is 0.363 e. The first kappa shape index (κ1) is 6.92. The van der Waals surface area contributed by atoms with Gasteiger partial charge in [-0.3, -0.25) is 0 Å².